The third-order valence-corrected chi connectivity index (χ3v) is 7.56. The van der Waals surface area contributed by atoms with Gasteiger partial charge in [0.1, 0.15) is 0 Å². The van der Waals surface area contributed by atoms with Crippen LogP contribution in [0.15, 0.2) is 0 Å². The Kier molecular flexibility index (Phi) is 2.93. The standard InChI is InChI=1S/C18H30N2/c1-2-16-10-14-6-8-20(16)18(12-14)4-3-17-11-13-5-7-19(17)15(1)9-13/h13-18H,1-12H2/t13?,14?,15-,16-,17-,18-/m1/s1. The third kappa shape index (κ3) is 1.90. The number of piperidine rings is 6. The summed E-state index contributed by atoms with van der Waals surface area (Å²) >= 11 is 0. The SMILES string of the molecule is C1CN2[C@@H]3CC[C@@H]4CC5CCN4[C@H](CC[C@@H]2CC1C3)C5. The number of fused-ring (bicyclic) bond motifs is 2. The van der Waals surface area contributed by atoms with E-state index >= 15 is 0 Å². The van der Waals surface area contributed by atoms with Gasteiger partial charge in [0.05, 0.1) is 0 Å². The molecule has 8 bridgehead atoms. The monoisotopic (exact) mass is 274 g/mol. The number of rotatable bonds is 0. The van der Waals surface area contributed by atoms with Gasteiger partial charge >= 0.3 is 0 Å². The molecule has 0 aliphatic carbocycles. The second kappa shape index (κ2) is 4.71. The minimum Gasteiger partial charge on any atom is -0.297 e. The summed E-state index contributed by atoms with van der Waals surface area (Å²) in [5.41, 5.74) is 0. The van der Waals surface area contributed by atoms with Crippen molar-refractivity contribution in [3.63, 3.8) is 0 Å². The Bertz CT molecular complexity index is 318. The van der Waals surface area contributed by atoms with Crippen LogP contribution in [0, 0.1) is 11.8 Å². The Morgan fingerprint density at radius 1 is 0.450 bits per heavy atom. The van der Waals surface area contributed by atoms with Crippen LogP contribution in [0.1, 0.15) is 64.2 Å². The summed E-state index contributed by atoms with van der Waals surface area (Å²) in [6.45, 7) is 2.86. The summed E-state index contributed by atoms with van der Waals surface area (Å²) in [6, 6.07) is 3.85. The average molecular weight is 274 g/mol. The molecule has 7 aliphatic heterocycles. The van der Waals surface area contributed by atoms with Crippen molar-refractivity contribution < 1.29 is 0 Å². The van der Waals surface area contributed by atoms with Gasteiger partial charge in [0.15, 0.2) is 0 Å². The number of hydrogen-bond donors (Lipinski definition) is 0. The van der Waals surface area contributed by atoms with Crippen LogP contribution in [0.5, 0.6) is 0 Å². The maximum absolute atomic E-state index is 2.95. The summed E-state index contributed by atoms with van der Waals surface area (Å²) in [5.74, 6) is 2.18. The molecule has 0 saturated carbocycles. The lowest BCUT2D eigenvalue weighted by Crippen LogP contribution is -2.59. The summed E-state index contributed by atoms with van der Waals surface area (Å²) in [5, 5.41) is 0. The molecule has 7 rings (SSSR count). The molecular formula is C18H30N2. The molecule has 7 aliphatic rings. The Hall–Kier alpha value is -0.0800. The first kappa shape index (κ1) is 12.5. The molecule has 20 heavy (non-hydrogen) atoms. The predicted molar refractivity (Wildman–Crippen MR) is 81.7 cm³/mol. The van der Waals surface area contributed by atoms with Crippen molar-refractivity contribution in [1.82, 2.24) is 9.80 Å². The first-order chi connectivity index (χ1) is 9.87. The van der Waals surface area contributed by atoms with Gasteiger partial charge < -0.3 is 0 Å². The lowest BCUT2D eigenvalue weighted by atomic mass is 9.71. The minimum atomic E-state index is 0.964. The largest absolute Gasteiger partial charge is 0.297 e. The van der Waals surface area contributed by atoms with Gasteiger partial charge in [-0.2, -0.15) is 0 Å². The van der Waals surface area contributed by atoms with Crippen molar-refractivity contribution in [3.05, 3.63) is 0 Å². The van der Waals surface area contributed by atoms with Crippen molar-refractivity contribution in [2.75, 3.05) is 13.1 Å². The first-order valence-corrected chi connectivity index (χ1v) is 9.38. The molecule has 0 aromatic rings. The molecule has 0 radical (unpaired) electrons. The van der Waals surface area contributed by atoms with Gasteiger partial charge in [-0.25, -0.2) is 0 Å². The molecule has 0 N–H and O–H groups in total. The fourth-order valence-corrected chi connectivity index (χ4v) is 6.64. The van der Waals surface area contributed by atoms with Crippen LogP contribution >= 0.6 is 0 Å². The van der Waals surface area contributed by atoms with Crippen LogP contribution in [0.3, 0.4) is 0 Å². The van der Waals surface area contributed by atoms with E-state index in [1.165, 1.54) is 77.3 Å². The van der Waals surface area contributed by atoms with Gasteiger partial charge in [0, 0.05) is 24.2 Å². The molecule has 0 spiro atoms. The quantitative estimate of drug-likeness (QED) is 0.669. The van der Waals surface area contributed by atoms with Crippen LogP contribution < -0.4 is 0 Å². The Morgan fingerprint density at radius 3 is 1.10 bits per heavy atom. The summed E-state index contributed by atoms with van der Waals surface area (Å²) < 4.78 is 0. The van der Waals surface area contributed by atoms with Gasteiger partial charge in [-0.3, -0.25) is 9.80 Å². The van der Waals surface area contributed by atoms with Gasteiger partial charge in [-0.15, -0.1) is 0 Å². The number of nitrogens with zero attached hydrogens (tertiary/aromatic N) is 2. The van der Waals surface area contributed by atoms with Crippen LogP contribution in [0.25, 0.3) is 0 Å². The Morgan fingerprint density at radius 2 is 0.800 bits per heavy atom. The van der Waals surface area contributed by atoms with Crippen LogP contribution in [0.2, 0.25) is 0 Å². The molecule has 7 heterocycles. The van der Waals surface area contributed by atoms with Gasteiger partial charge in [-0.05, 0) is 89.1 Å². The number of hydrogen-bond acceptors (Lipinski definition) is 2. The van der Waals surface area contributed by atoms with E-state index in [-0.39, 0.29) is 0 Å². The molecule has 0 aromatic carbocycles. The second-order valence-electron chi connectivity index (χ2n) is 8.50. The van der Waals surface area contributed by atoms with E-state index in [2.05, 4.69) is 9.80 Å². The maximum Gasteiger partial charge on any atom is 0.0101 e. The van der Waals surface area contributed by atoms with E-state index in [9.17, 15) is 0 Å². The molecule has 4 atom stereocenters. The molecule has 0 amide bonds. The van der Waals surface area contributed by atoms with Crippen LogP contribution in [0.4, 0.5) is 0 Å². The molecular weight excluding hydrogens is 244 g/mol. The van der Waals surface area contributed by atoms with Crippen molar-refractivity contribution in [2.45, 2.75) is 88.4 Å². The van der Waals surface area contributed by atoms with E-state index in [1.807, 2.05) is 0 Å². The van der Waals surface area contributed by atoms with Crippen molar-refractivity contribution in [1.29, 1.82) is 0 Å². The highest BCUT2D eigenvalue weighted by Gasteiger charge is 2.44. The predicted octanol–water partition coefficient (Wildman–Crippen LogP) is 3.27. The van der Waals surface area contributed by atoms with Gasteiger partial charge in [-0.1, -0.05) is 0 Å². The smallest absolute Gasteiger partial charge is 0.0101 e. The van der Waals surface area contributed by atoms with Crippen LogP contribution in [-0.2, 0) is 0 Å². The Labute approximate surface area is 123 Å². The summed E-state index contributed by atoms with van der Waals surface area (Å²) in [4.78, 5) is 5.91. The molecule has 7 fully saturated rings. The highest BCUT2D eigenvalue weighted by atomic mass is 15.2. The zero-order valence-corrected chi connectivity index (χ0v) is 12.8. The third-order valence-electron chi connectivity index (χ3n) is 7.56. The van der Waals surface area contributed by atoms with Crippen molar-refractivity contribution in [3.8, 4) is 0 Å². The highest BCUT2D eigenvalue weighted by Crippen LogP contribution is 2.44. The van der Waals surface area contributed by atoms with Crippen molar-refractivity contribution in [2.24, 2.45) is 11.8 Å². The van der Waals surface area contributed by atoms with E-state index in [0.717, 1.165) is 36.0 Å². The van der Waals surface area contributed by atoms with E-state index in [4.69, 9.17) is 0 Å². The van der Waals surface area contributed by atoms with Crippen LogP contribution in [-0.4, -0.2) is 47.1 Å². The van der Waals surface area contributed by atoms with E-state index in [0.29, 0.717) is 0 Å². The second-order valence-corrected chi connectivity index (χ2v) is 8.50. The fourth-order valence-electron chi connectivity index (χ4n) is 6.64. The lowest BCUT2D eigenvalue weighted by molar-refractivity contribution is -0.0544. The molecule has 0 unspecified atom stereocenters. The molecule has 2 nitrogen and oxygen atoms in total. The van der Waals surface area contributed by atoms with Gasteiger partial charge in [0.2, 0.25) is 0 Å². The van der Waals surface area contributed by atoms with Crippen molar-refractivity contribution >= 4 is 0 Å². The normalized spacial score (nSPS) is 57.6. The Balaban J connectivity index is 1.40. The first-order valence-electron chi connectivity index (χ1n) is 9.38. The summed E-state index contributed by atoms with van der Waals surface area (Å²) in [6.07, 6.45) is 15.2. The highest BCUT2D eigenvalue weighted by molar-refractivity contribution is 4.99. The zero-order chi connectivity index (χ0) is 13.1. The molecule has 7 saturated heterocycles. The molecule has 2 heteroatoms. The minimum absolute atomic E-state index is 0.964. The van der Waals surface area contributed by atoms with Gasteiger partial charge in [0.25, 0.3) is 0 Å². The molecule has 0 aromatic heterocycles. The molecule has 112 valence electrons. The maximum atomic E-state index is 2.95. The fraction of sp³-hybridized carbons (Fsp3) is 1.00. The lowest BCUT2D eigenvalue weighted by Gasteiger charge is -2.56. The summed E-state index contributed by atoms with van der Waals surface area (Å²) in [7, 11) is 0. The van der Waals surface area contributed by atoms with E-state index in [1.54, 1.807) is 0 Å². The average Bonchev–Trinajstić information content (AvgIpc) is 2.51. The zero-order valence-electron chi connectivity index (χ0n) is 12.8. The van der Waals surface area contributed by atoms with E-state index < -0.39 is 0 Å². The topological polar surface area (TPSA) is 6.48 Å².